The van der Waals surface area contributed by atoms with Gasteiger partial charge in [-0.15, -0.1) is 12.4 Å². The second kappa shape index (κ2) is 6.87. The summed E-state index contributed by atoms with van der Waals surface area (Å²) in [4.78, 5) is 0.499. The minimum absolute atomic E-state index is 0. The lowest BCUT2D eigenvalue weighted by atomic mass is 9.95. The van der Waals surface area contributed by atoms with E-state index < -0.39 is 10.0 Å². The SMILES string of the molecule is Cc1c(C)c(C)c(S(=O)(=O)N2CCC(N)CC2)c(C)c1C.Cl. The molecule has 22 heavy (non-hydrogen) atoms. The number of benzene rings is 1. The number of sulfonamides is 1. The predicted molar refractivity (Wildman–Crippen MR) is 93.3 cm³/mol. The van der Waals surface area contributed by atoms with Crippen molar-refractivity contribution in [1.29, 1.82) is 0 Å². The monoisotopic (exact) mass is 346 g/mol. The summed E-state index contributed by atoms with van der Waals surface area (Å²) in [5, 5.41) is 0. The number of nitrogens with two attached hydrogens (primary N) is 1. The molecule has 0 saturated carbocycles. The molecule has 1 heterocycles. The third-order valence-electron chi connectivity index (χ3n) is 5.03. The Morgan fingerprint density at radius 2 is 1.23 bits per heavy atom. The fraction of sp³-hybridized carbons (Fsp3) is 0.625. The Labute approximate surface area is 140 Å². The molecule has 0 aliphatic carbocycles. The quantitative estimate of drug-likeness (QED) is 0.895. The molecule has 126 valence electrons. The zero-order chi connectivity index (χ0) is 15.9. The van der Waals surface area contributed by atoms with Gasteiger partial charge in [0.1, 0.15) is 0 Å². The molecule has 1 fully saturated rings. The third-order valence-corrected chi connectivity index (χ3v) is 7.20. The van der Waals surface area contributed by atoms with Crippen molar-refractivity contribution in [2.24, 2.45) is 5.73 Å². The van der Waals surface area contributed by atoms with Crippen LogP contribution in [0.1, 0.15) is 40.7 Å². The lowest BCUT2D eigenvalue weighted by molar-refractivity contribution is 0.319. The molecule has 4 nitrogen and oxygen atoms in total. The molecule has 1 aliphatic heterocycles. The highest BCUT2D eigenvalue weighted by Gasteiger charge is 2.32. The summed E-state index contributed by atoms with van der Waals surface area (Å²) < 4.78 is 27.7. The van der Waals surface area contributed by atoms with Crippen molar-refractivity contribution in [3.8, 4) is 0 Å². The van der Waals surface area contributed by atoms with Gasteiger partial charge in [0.2, 0.25) is 10.0 Å². The van der Waals surface area contributed by atoms with Crippen LogP contribution >= 0.6 is 12.4 Å². The van der Waals surface area contributed by atoms with Gasteiger partial charge >= 0.3 is 0 Å². The lowest BCUT2D eigenvalue weighted by Gasteiger charge is -2.31. The molecule has 0 aromatic heterocycles. The highest BCUT2D eigenvalue weighted by atomic mass is 35.5. The van der Waals surface area contributed by atoms with Crippen LogP contribution in [0.2, 0.25) is 0 Å². The number of hydrogen-bond donors (Lipinski definition) is 1. The minimum atomic E-state index is -3.43. The topological polar surface area (TPSA) is 63.4 Å². The Bertz CT molecular complexity index is 634. The van der Waals surface area contributed by atoms with E-state index in [0.29, 0.717) is 18.0 Å². The lowest BCUT2D eigenvalue weighted by Crippen LogP contribution is -2.43. The first-order valence-corrected chi connectivity index (χ1v) is 8.94. The first-order valence-electron chi connectivity index (χ1n) is 7.50. The third kappa shape index (κ3) is 3.18. The van der Waals surface area contributed by atoms with Gasteiger partial charge in [-0.1, -0.05) is 0 Å². The molecular formula is C16H27ClN2O2S. The summed E-state index contributed by atoms with van der Waals surface area (Å²) in [6, 6.07) is 0.125. The van der Waals surface area contributed by atoms with E-state index in [2.05, 4.69) is 6.92 Å². The molecule has 0 radical (unpaired) electrons. The molecule has 0 bridgehead atoms. The largest absolute Gasteiger partial charge is 0.328 e. The number of piperidine rings is 1. The molecule has 2 N–H and O–H groups in total. The normalized spacial score (nSPS) is 17.4. The molecule has 1 aromatic rings. The molecule has 1 aromatic carbocycles. The van der Waals surface area contributed by atoms with Gasteiger partial charge in [-0.3, -0.25) is 0 Å². The number of rotatable bonds is 2. The summed E-state index contributed by atoms with van der Waals surface area (Å²) >= 11 is 0. The van der Waals surface area contributed by atoms with E-state index in [-0.39, 0.29) is 18.4 Å². The van der Waals surface area contributed by atoms with Gasteiger partial charge in [0, 0.05) is 19.1 Å². The average molecular weight is 347 g/mol. The number of nitrogens with zero attached hydrogens (tertiary/aromatic N) is 1. The smallest absolute Gasteiger partial charge is 0.243 e. The molecule has 1 aliphatic rings. The fourth-order valence-electron chi connectivity index (χ4n) is 3.10. The van der Waals surface area contributed by atoms with Crippen LogP contribution < -0.4 is 5.73 Å². The van der Waals surface area contributed by atoms with Gasteiger partial charge in [-0.25, -0.2) is 8.42 Å². The summed E-state index contributed by atoms with van der Waals surface area (Å²) in [5.74, 6) is 0. The minimum Gasteiger partial charge on any atom is -0.328 e. The maximum absolute atomic E-state index is 13.0. The van der Waals surface area contributed by atoms with Crippen molar-refractivity contribution >= 4 is 22.4 Å². The fourth-order valence-corrected chi connectivity index (χ4v) is 5.13. The van der Waals surface area contributed by atoms with E-state index in [1.54, 1.807) is 4.31 Å². The molecule has 1 saturated heterocycles. The summed E-state index contributed by atoms with van der Waals surface area (Å²) in [7, 11) is -3.43. The molecule has 6 heteroatoms. The van der Waals surface area contributed by atoms with Crippen LogP contribution in [0.3, 0.4) is 0 Å². The van der Waals surface area contributed by atoms with Crippen molar-refractivity contribution in [2.75, 3.05) is 13.1 Å². The van der Waals surface area contributed by atoms with Gasteiger partial charge in [-0.2, -0.15) is 4.31 Å². The molecule has 0 spiro atoms. The average Bonchev–Trinajstić information content (AvgIpc) is 2.43. The maximum atomic E-state index is 13.0. The van der Waals surface area contributed by atoms with E-state index in [9.17, 15) is 8.42 Å². The van der Waals surface area contributed by atoms with Crippen LogP contribution in [0.4, 0.5) is 0 Å². The first kappa shape index (κ1) is 19.4. The van der Waals surface area contributed by atoms with Crippen molar-refractivity contribution in [3.05, 3.63) is 27.8 Å². The molecule has 2 rings (SSSR count). The van der Waals surface area contributed by atoms with Crippen LogP contribution in [0.5, 0.6) is 0 Å². The first-order chi connectivity index (χ1) is 9.67. The standard InChI is InChI=1S/C16H26N2O2S.ClH/c1-10-11(2)13(4)16(14(5)12(10)3)21(19,20)18-8-6-15(17)7-9-18;/h15H,6-9,17H2,1-5H3;1H. The zero-order valence-corrected chi connectivity index (χ0v) is 15.7. The number of halogens is 1. The summed E-state index contributed by atoms with van der Waals surface area (Å²) in [6.45, 7) is 10.9. The van der Waals surface area contributed by atoms with E-state index in [1.807, 2.05) is 27.7 Å². The number of hydrogen-bond acceptors (Lipinski definition) is 3. The molecule has 0 unspecified atom stereocenters. The van der Waals surface area contributed by atoms with Crippen LogP contribution in [0.25, 0.3) is 0 Å². The second-order valence-corrected chi connectivity index (χ2v) is 8.07. The van der Waals surface area contributed by atoms with Crippen LogP contribution in [0, 0.1) is 34.6 Å². The van der Waals surface area contributed by atoms with Crippen LogP contribution in [-0.2, 0) is 10.0 Å². The van der Waals surface area contributed by atoms with Gasteiger partial charge < -0.3 is 5.73 Å². The predicted octanol–water partition coefficient (Wildman–Crippen LogP) is 2.76. The summed E-state index contributed by atoms with van der Waals surface area (Å²) in [6.07, 6.45) is 1.47. The van der Waals surface area contributed by atoms with E-state index in [0.717, 1.165) is 35.1 Å². The van der Waals surface area contributed by atoms with Crippen molar-refractivity contribution in [3.63, 3.8) is 0 Å². The van der Waals surface area contributed by atoms with Gasteiger partial charge in [0.25, 0.3) is 0 Å². The Kier molecular flexibility index (Phi) is 6.07. The zero-order valence-electron chi connectivity index (χ0n) is 14.1. The molecule has 0 atom stereocenters. The van der Waals surface area contributed by atoms with Crippen molar-refractivity contribution < 1.29 is 8.42 Å². The van der Waals surface area contributed by atoms with Gasteiger partial charge in [0.15, 0.2) is 0 Å². The Morgan fingerprint density at radius 1 is 0.864 bits per heavy atom. The Balaban J connectivity index is 0.00000242. The van der Waals surface area contributed by atoms with Gasteiger partial charge in [0.05, 0.1) is 4.90 Å². The van der Waals surface area contributed by atoms with E-state index in [1.165, 1.54) is 5.56 Å². The Morgan fingerprint density at radius 3 is 1.64 bits per heavy atom. The molecular weight excluding hydrogens is 320 g/mol. The second-order valence-electron chi connectivity index (χ2n) is 6.20. The molecule has 0 amide bonds. The van der Waals surface area contributed by atoms with Gasteiger partial charge in [-0.05, 0) is 75.3 Å². The summed E-state index contributed by atoms with van der Waals surface area (Å²) in [5.41, 5.74) is 11.0. The highest BCUT2D eigenvalue weighted by Crippen LogP contribution is 2.32. The highest BCUT2D eigenvalue weighted by molar-refractivity contribution is 7.89. The van der Waals surface area contributed by atoms with Crippen LogP contribution in [0.15, 0.2) is 4.90 Å². The van der Waals surface area contributed by atoms with E-state index in [4.69, 9.17) is 5.73 Å². The van der Waals surface area contributed by atoms with Crippen molar-refractivity contribution in [1.82, 2.24) is 4.31 Å². The Hall–Kier alpha value is -0.620. The van der Waals surface area contributed by atoms with Crippen LogP contribution in [-0.4, -0.2) is 31.9 Å². The van der Waals surface area contributed by atoms with E-state index >= 15 is 0 Å². The maximum Gasteiger partial charge on any atom is 0.243 e. The van der Waals surface area contributed by atoms with Crippen molar-refractivity contribution in [2.45, 2.75) is 58.4 Å².